The van der Waals surface area contributed by atoms with Crippen LogP contribution in [0, 0.1) is 0 Å². The molecule has 0 atom stereocenters. The van der Waals surface area contributed by atoms with Gasteiger partial charge in [0.05, 0.1) is 18.7 Å². The largest absolute Gasteiger partial charge is 0.494 e. The number of esters is 1. The lowest BCUT2D eigenvalue weighted by molar-refractivity contribution is 0.0512. The van der Waals surface area contributed by atoms with E-state index in [-0.39, 0.29) is 45.0 Å². The quantitative estimate of drug-likeness (QED) is 0.489. The smallest absolute Gasteiger partial charge is 0.361 e. The van der Waals surface area contributed by atoms with Gasteiger partial charge in [-0.3, -0.25) is 4.79 Å². The summed E-state index contributed by atoms with van der Waals surface area (Å²) < 4.78 is 39.2. The number of ether oxygens (including phenoxy) is 2. The maximum Gasteiger partial charge on any atom is 0.361 e. The van der Waals surface area contributed by atoms with Crippen molar-refractivity contribution in [2.75, 3.05) is 20.0 Å². The van der Waals surface area contributed by atoms with Gasteiger partial charge >= 0.3 is 5.97 Å². The third-order valence-corrected chi connectivity index (χ3v) is 5.77. The van der Waals surface area contributed by atoms with E-state index in [1.807, 2.05) is 0 Å². The van der Waals surface area contributed by atoms with Crippen molar-refractivity contribution in [3.63, 3.8) is 0 Å². The number of aromatic nitrogens is 1. The van der Waals surface area contributed by atoms with Crippen LogP contribution in [0.1, 0.15) is 57.9 Å². The molecule has 2 aromatic rings. The van der Waals surface area contributed by atoms with E-state index in [0.29, 0.717) is 5.76 Å². The van der Waals surface area contributed by atoms with Crippen molar-refractivity contribution in [1.82, 2.24) is 5.16 Å². The molecule has 150 valence electrons. The molecule has 1 saturated carbocycles. The zero-order valence-electron chi connectivity index (χ0n) is 15.4. The van der Waals surface area contributed by atoms with E-state index in [1.165, 1.54) is 19.2 Å². The van der Waals surface area contributed by atoms with E-state index >= 15 is 0 Å². The Morgan fingerprint density at radius 1 is 1.32 bits per heavy atom. The summed E-state index contributed by atoms with van der Waals surface area (Å²) in [5.74, 6) is -1.25. The van der Waals surface area contributed by atoms with E-state index in [2.05, 4.69) is 5.16 Å². The summed E-state index contributed by atoms with van der Waals surface area (Å²) in [5.41, 5.74) is -0.269. The third kappa shape index (κ3) is 3.64. The van der Waals surface area contributed by atoms with Crippen LogP contribution in [0.3, 0.4) is 0 Å². The molecule has 0 N–H and O–H groups in total. The molecule has 0 bridgehead atoms. The molecule has 1 heterocycles. The molecule has 28 heavy (non-hydrogen) atoms. The maximum absolute atomic E-state index is 13.2. The average Bonchev–Trinajstić information content (AvgIpc) is 3.38. The van der Waals surface area contributed by atoms with Gasteiger partial charge in [0, 0.05) is 17.7 Å². The van der Waals surface area contributed by atoms with E-state index in [9.17, 15) is 18.0 Å². The second kappa shape index (κ2) is 7.56. The molecule has 1 aromatic carbocycles. The molecular weight excluding hydrogens is 410 g/mol. The van der Waals surface area contributed by atoms with Gasteiger partial charge < -0.3 is 14.0 Å². The summed E-state index contributed by atoms with van der Waals surface area (Å²) in [6.07, 6.45) is 2.62. The normalized spacial score (nSPS) is 14.0. The summed E-state index contributed by atoms with van der Waals surface area (Å²) in [4.78, 5) is 25.3. The Morgan fingerprint density at radius 2 is 2.00 bits per heavy atom. The van der Waals surface area contributed by atoms with E-state index in [0.717, 1.165) is 19.1 Å². The molecule has 10 heteroatoms. The fourth-order valence-electron chi connectivity index (χ4n) is 2.82. The summed E-state index contributed by atoms with van der Waals surface area (Å²) >= 11 is 6.30. The zero-order valence-corrected chi connectivity index (χ0v) is 17.0. The Bertz CT molecular complexity index is 1050. The molecule has 1 aliphatic carbocycles. The second-order valence-electron chi connectivity index (χ2n) is 6.32. The molecule has 3 rings (SSSR count). The number of halogens is 1. The Balaban J connectivity index is 2.15. The van der Waals surface area contributed by atoms with Gasteiger partial charge in [0.2, 0.25) is 11.5 Å². The molecule has 0 spiro atoms. The first kappa shape index (κ1) is 20.3. The molecule has 1 aliphatic rings. The van der Waals surface area contributed by atoms with Crippen LogP contribution < -0.4 is 4.74 Å². The number of hydrogen-bond donors (Lipinski definition) is 0. The highest BCUT2D eigenvalue weighted by atomic mass is 35.5. The lowest BCUT2D eigenvalue weighted by atomic mass is 9.99. The van der Waals surface area contributed by atoms with Crippen molar-refractivity contribution in [3.8, 4) is 5.75 Å². The molecule has 0 saturated heterocycles. The topological polar surface area (TPSA) is 113 Å². The monoisotopic (exact) mass is 427 g/mol. The first-order valence-electron chi connectivity index (χ1n) is 8.48. The number of rotatable bonds is 7. The summed E-state index contributed by atoms with van der Waals surface area (Å²) in [7, 11) is -2.38. The van der Waals surface area contributed by atoms with Gasteiger partial charge in [-0.15, -0.1) is 0 Å². The Morgan fingerprint density at radius 3 is 2.54 bits per heavy atom. The third-order valence-electron chi connectivity index (χ3n) is 4.27. The van der Waals surface area contributed by atoms with Crippen LogP contribution in [0.25, 0.3) is 0 Å². The molecule has 0 unspecified atom stereocenters. The first-order valence-corrected chi connectivity index (χ1v) is 10.8. The number of benzene rings is 1. The van der Waals surface area contributed by atoms with Crippen molar-refractivity contribution in [2.24, 2.45) is 0 Å². The highest BCUT2D eigenvalue weighted by Gasteiger charge is 2.38. The van der Waals surface area contributed by atoms with Gasteiger partial charge in [0.25, 0.3) is 0 Å². The van der Waals surface area contributed by atoms with Gasteiger partial charge in [-0.1, -0.05) is 16.8 Å². The van der Waals surface area contributed by atoms with Crippen LogP contribution in [0.5, 0.6) is 5.75 Å². The second-order valence-corrected chi connectivity index (χ2v) is 8.69. The molecule has 0 amide bonds. The Labute approximate surface area is 166 Å². The van der Waals surface area contributed by atoms with Crippen molar-refractivity contribution < 1.29 is 32.0 Å². The standard InChI is InChI=1S/C18H18ClNO7S/c1-4-26-18(22)14-12(16(27-20-14)9-5-6-9)15(21)10-7-8-11(28(3,23)24)17(25-2)13(10)19/h7-9H,4-6H2,1-3H3. The number of carbonyl (C=O) groups is 2. The number of ketones is 1. The van der Waals surface area contributed by atoms with Crippen molar-refractivity contribution in [3.05, 3.63) is 39.7 Å². The molecule has 0 radical (unpaired) electrons. The fourth-order valence-corrected chi connectivity index (χ4v) is 4.04. The van der Waals surface area contributed by atoms with Crippen LogP contribution in [0.4, 0.5) is 0 Å². The van der Waals surface area contributed by atoms with Crippen LogP contribution in [-0.2, 0) is 14.6 Å². The maximum atomic E-state index is 13.2. The minimum Gasteiger partial charge on any atom is -0.494 e. The number of methoxy groups -OCH3 is 1. The van der Waals surface area contributed by atoms with Crippen molar-refractivity contribution in [2.45, 2.75) is 30.6 Å². The zero-order chi connectivity index (χ0) is 20.6. The van der Waals surface area contributed by atoms with E-state index < -0.39 is 21.6 Å². The predicted molar refractivity (Wildman–Crippen MR) is 99.0 cm³/mol. The first-order chi connectivity index (χ1) is 13.2. The number of carbonyl (C=O) groups excluding carboxylic acids is 2. The lowest BCUT2D eigenvalue weighted by Crippen LogP contribution is -2.14. The molecule has 1 aromatic heterocycles. The highest BCUT2D eigenvalue weighted by Crippen LogP contribution is 2.44. The average molecular weight is 428 g/mol. The van der Waals surface area contributed by atoms with E-state index in [1.54, 1.807) is 6.92 Å². The van der Waals surface area contributed by atoms with Crippen molar-refractivity contribution in [1.29, 1.82) is 0 Å². The molecule has 0 aliphatic heterocycles. The SMILES string of the molecule is CCOC(=O)c1noc(C2CC2)c1C(=O)c1ccc(S(C)(=O)=O)c(OC)c1Cl. The van der Waals surface area contributed by atoms with Crippen LogP contribution in [0.2, 0.25) is 5.02 Å². The van der Waals surface area contributed by atoms with Gasteiger partial charge in [0.15, 0.2) is 21.3 Å². The Hall–Kier alpha value is -2.39. The van der Waals surface area contributed by atoms with Gasteiger partial charge in [-0.05, 0) is 31.9 Å². The molecule has 8 nitrogen and oxygen atoms in total. The predicted octanol–water partition coefficient (Wildman–Crippen LogP) is 3.03. The molecule has 1 fully saturated rings. The summed E-state index contributed by atoms with van der Waals surface area (Å²) in [5, 5.41) is 3.56. The van der Waals surface area contributed by atoms with Gasteiger partial charge in [-0.25, -0.2) is 13.2 Å². The fraction of sp³-hybridized carbons (Fsp3) is 0.389. The number of nitrogens with zero attached hydrogens (tertiary/aromatic N) is 1. The van der Waals surface area contributed by atoms with Gasteiger partial charge in [0.1, 0.15) is 10.5 Å². The Kier molecular flexibility index (Phi) is 5.49. The van der Waals surface area contributed by atoms with Crippen molar-refractivity contribution >= 4 is 33.2 Å². The summed E-state index contributed by atoms with van der Waals surface area (Å²) in [6.45, 7) is 1.74. The van der Waals surface area contributed by atoms with Gasteiger partial charge in [-0.2, -0.15) is 0 Å². The van der Waals surface area contributed by atoms with Crippen LogP contribution >= 0.6 is 11.6 Å². The van der Waals surface area contributed by atoms with Crippen LogP contribution in [0.15, 0.2) is 21.6 Å². The minimum absolute atomic E-state index is 0.00871. The lowest BCUT2D eigenvalue weighted by Gasteiger charge is -2.12. The van der Waals surface area contributed by atoms with Crippen LogP contribution in [-0.4, -0.2) is 45.3 Å². The number of sulfone groups is 1. The van der Waals surface area contributed by atoms with E-state index in [4.69, 9.17) is 25.6 Å². The highest BCUT2D eigenvalue weighted by molar-refractivity contribution is 7.90. The summed E-state index contributed by atoms with van der Waals surface area (Å²) in [6, 6.07) is 2.52. The minimum atomic E-state index is -3.63. The molecular formula is C18H18ClNO7S. The number of hydrogen-bond acceptors (Lipinski definition) is 8.